The third kappa shape index (κ3) is 3.37. The Morgan fingerprint density at radius 2 is 1.92 bits per heavy atom. The van der Waals surface area contributed by atoms with Crippen LogP contribution in [0.25, 0.3) is 0 Å². The second kappa shape index (κ2) is 3.56. The lowest BCUT2D eigenvalue weighted by atomic mass is 9.91. The number of Topliss-reactive ketones (excluding diaryl/α,β-unsaturated/α-hetero) is 1. The van der Waals surface area contributed by atoms with Crippen LogP contribution >= 0.6 is 0 Å². The predicted molar refractivity (Wildman–Crippen MR) is 49.0 cm³/mol. The summed E-state index contributed by atoms with van der Waals surface area (Å²) in [5, 5.41) is 7.05. The summed E-state index contributed by atoms with van der Waals surface area (Å²) in [6, 6.07) is 0. The fourth-order valence-electron chi connectivity index (χ4n) is 0.538. The van der Waals surface area contributed by atoms with Crippen LogP contribution in [-0.2, 0) is 4.79 Å². The van der Waals surface area contributed by atoms with Crippen LogP contribution in [0.1, 0.15) is 20.8 Å². The minimum atomic E-state index is -0.357. The lowest BCUT2D eigenvalue weighted by Crippen LogP contribution is -2.40. The van der Waals surface area contributed by atoms with Crippen molar-refractivity contribution in [2.24, 2.45) is 11.1 Å². The maximum absolute atomic E-state index is 11.4. The molecule has 0 aromatic carbocycles. The highest BCUT2D eigenvalue weighted by Crippen LogP contribution is 2.14. The van der Waals surface area contributed by atoms with Gasteiger partial charge in [-0.3, -0.25) is 10.2 Å². The van der Waals surface area contributed by atoms with Crippen LogP contribution in [0.15, 0.2) is 0 Å². The maximum Gasteiger partial charge on any atom is 0.188 e. The van der Waals surface area contributed by atoms with E-state index in [4.69, 9.17) is 11.1 Å². The number of likely N-dealkylation sites (N-methyl/N-ethyl adjacent to an activating group) is 1. The van der Waals surface area contributed by atoms with E-state index in [-0.39, 0.29) is 23.7 Å². The number of rotatable bonds is 2. The molecule has 4 nitrogen and oxygen atoms in total. The molecular formula is C8H17N3O. The molecular weight excluding hydrogens is 154 g/mol. The second-order valence-corrected chi connectivity index (χ2v) is 3.91. The highest BCUT2D eigenvalue weighted by atomic mass is 16.1. The highest BCUT2D eigenvalue weighted by molar-refractivity contribution is 5.88. The molecule has 0 rings (SSSR count). The van der Waals surface area contributed by atoms with Gasteiger partial charge in [0.05, 0.1) is 6.54 Å². The van der Waals surface area contributed by atoms with E-state index in [9.17, 15) is 4.79 Å². The number of hydrogen-bond acceptors (Lipinski definition) is 2. The quantitative estimate of drug-likeness (QED) is 0.467. The lowest BCUT2D eigenvalue weighted by Gasteiger charge is -2.22. The van der Waals surface area contributed by atoms with Gasteiger partial charge in [-0.2, -0.15) is 0 Å². The van der Waals surface area contributed by atoms with Gasteiger partial charge in [0, 0.05) is 12.5 Å². The van der Waals surface area contributed by atoms with Crippen molar-refractivity contribution in [1.29, 1.82) is 5.41 Å². The average Bonchev–Trinajstić information content (AvgIpc) is 1.85. The minimum absolute atomic E-state index is 0.0763. The smallest absolute Gasteiger partial charge is 0.188 e. The molecule has 0 aromatic rings. The number of nitrogens with zero attached hydrogens (tertiary/aromatic N) is 1. The normalized spacial score (nSPS) is 11.0. The van der Waals surface area contributed by atoms with Gasteiger partial charge in [-0.05, 0) is 0 Å². The van der Waals surface area contributed by atoms with Gasteiger partial charge < -0.3 is 10.6 Å². The first-order chi connectivity index (χ1) is 5.25. The van der Waals surface area contributed by atoms with Crippen molar-refractivity contribution in [1.82, 2.24) is 4.90 Å². The molecule has 0 radical (unpaired) electrons. The van der Waals surface area contributed by atoms with E-state index >= 15 is 0 Å². The van der Waals surface area contributed by atoms with E-state index in [1.54, 1.807) is 7.05 Å². The Labute approximate surface area is 73.2 Å². The van der Waals surface area contributed by atoms with Crippen molar-refractivity contribution in [2.45, 2.75) is 20.8 Å². The van der Waals surface area contributed by atoms with Crippen molar-refractivity contribution < 1.29 is 4.79 Å². The van der Waals surface area contributed by atoms with E-state index in [2.05, 4.69) is 0 Å². The molecule has 0 unspecified atom stereocenters. The molecule has 12 heavy (non-hydrogen) atoms. The summed E-state index contributed by atoms with van der Waals surface area (Å²) >= 11 is 0. The lowest BCUT2D eigenvalue weighted by molar-refractivity contribution is -0.126. The third-order valence-electron chi connectivity index (χ3n) is 1.63. The Hall–Kier alpha value is -1.06. The molecule has 0 heterocycles. The second-order valence-electron chi connectivity index (χ2n) is 3.91. The molecule has 3 N–H and O–H groups in total. The summed E-state index contributed by atoms with van der Waals surface area (Å²) in [6.07, 6.45) is 0. The van der Waals surface area contributed by atoms with Crippen LogP contribution in [0.4, 0.5) is 0 Å². The van der Waals surface area contributed by atoms with E-state index in [1.807, 2.05) is 20.8 Å². The number of carbonyl (C=O) groups excluding carboxylic acids is 1. The van der Waals surface area contributed by atoms with Gasteiger partial charge >= 0.3 is 0 Å². The van der Waals surface area contributed by atoms with E-state index in [1.165, 1.54) is 4.90 Å². The highest BCUT2D eigenvalue weighted by Gasteiger charge is 2.22. The maximum atomic E-state index is 11.4. The van der Waals surface area contributed by atoms with Crippen LogP contribution in [-0.4, -0.2) is 30.2 Å². The summed E-state index contributed by atoms with van der Waals surface area (Å²) in [5.74, 6) is 0.00722. The number of guanidine groups is 1. The molecule has 0 aliphatic carbocycles. The number of ketones is 1. The van der Waals surface area contributed by atoms with Crippen LogP contribution < -0.4 is 5.73 Å². The molecule has 0 aliphatic heterocycles. The Morgan fingerprint density at radius 3 is 2.17 bits per heavy atom. The fourth-order valence-corrected chi connectivity index (χ4v) is 0.538. The standard InChI is InChI=1S/C8H17N3O/c1-8(2,3)6(12)5-11(4)7(9)10/h5H2,1-4H3,(H3,9,10). The molecule has 70 valence electrons. The Morgan fingerprint density at radius 1 is 1.50 bits per heavy atom. The van der Waals surface area contributed by atoms with Gasteiger partial charge in [0.2, 0.25) is 0 Å². The van der Waals surface area contributed by atoms with Gasteiger partial charge in [-0.15, -0.1) is 0 Å². The average molecular weight is 171 g/mol. The van der Waals surface area contributed by atoms with Gasteiger partial charge in [-0.25, -0.2) is 0 Å². The summed E-state index contributed by atoms with van der Waals surface area (Å²) in [6.45, 7) is 5.76. The molecule has 0 bridgehead atoms. The summed E-state index contributed by atoms with van der Waals surface area (Å²) in [4.78, 5) is 12.8. The fraction of sp³-hybridized carbons (Fsp3) is 0.750. The number of hydrogen-bond donors (Lipinski definition) is 2. The van der Waals surface area contributed by atoms with Crippen molar-refractivity contribution in [3.8, 4) is 0 Å². The first-order valence-corrected chi connectivity index (χ1v) is 3.83. The molecule has 4 heteroatoms. The zero-order chi connectivity index (χ0) is 9.94. The van der Waals surface area contributed by atoms with Crippen LogP contribution in [0.3, 0.4) is 0 Å². The van der Waals surface area contributed by atoms with E-state index in [0.29, 0.717) is 0 Å². The molecule has 0 saturated heterocycles. The monoisotopic (exact) mass is 171 g/mol. The van der Waals surface area contributed by atoms with Crippen molar-refractivity contribution >= 4 is 11.7 Å². The molecule has 0 amide bonds. The summed E-state index contributed by atoms with van der Waals surface area (Å²) in [7, 11) is 1.63. The van der Waals surface area contributed by atoms with E-state index < -0.39 is 0 Å². The third-order valence-corrected chi connectivity index (χ3v) is 1.63. The van der Waals surface area contributed by atoms with E-state index in [0.717, 1.165) is 0 Å². The predicted octanol–water partition coefficient (Wildman–Crippen LogP) is 0.427. The summed E-state index contributed by atoms with van der Waals surface area (Å²) < 4.78 is 0. The molecule has 0 aliphatic rings. The van der Waals surface area contributed by atoms with Crippen LogP contribution in [0.2, 0.25) is 0 Å². The number of nitrogens with one attached hydrogen (secondary N) is 1. The van der Waals surface area contributed by atoms with Crippen molar-refractivity contribution in [3.05, 3.63) is 0 Å². The molecule has 0 atom stereocenters. The molecule has 0 spiro atoms. The molecule has 0 saturated carbocycles. The first-order valence-electron chi connectivity index (χ1n) is 3.83. The topological polar surface area (TPSA) is 70.2 Å². The van der Waals surface area contributed by atoms with Crippen LogP contribution in [0.5, 0.6) is 0 Å². The Balaban J connectivity index is 4.11. The number of nitrogens with two attached hydrogens (primary N) is 1. The first kappa shape index (κ1) is 10.9. The number of carbonyl (C=O) groups is 1. The summed E-state index contributed by atoms with van der Waals surface area (Å²) in [5.41, 5.74) is 4.83. The van der Waals surface area contributed by atoms with Crippen molar-refractivity contribution in [2.75, 3.05) is 13.6 Å². The van der Waals surface area contributed by atoms with Gasteiger partial charge in [0.15, 0.2) is 11.7 Å². The van der Waals surface area contributed by atoms with Gasteiger partial charge in [0.1, 0.15) is 0 Å². The van der Waals surface area contributed by atoms with Gasteiger partial charge in [-0.1, -0.05) is 20.8 Å². The zero-order valence-electron chi connectivity index (χ0n) is 8.14. The molecule has 0 fully saturated rings. The SMILES string of the molecule is CN(CC(=O)C(C)(C)C)C(=N)N. The Bertz CT molecular complexity index is 193. The largest absolute Gasteiger partial charge is 0.370 e. The van der Waals surface area contributed by atoms with Crippen LogP contribution in [0, 0.1) is 10.8 Å². The van der Waals surface area contributed by atoms with Gasteiger partial charge in [0.25, 0.3) is 0 Å². The van der Waals surface area contributed by atoms with Crippen molar-refractivity contribution in [3.63, 3.8) is 0 Å². The Kier molecular flexibility index (Phi) is 3.24. The zero-order valence-corrected chi connectivity index (χ0v) is 8.14. The minimum Gasteiger partial charge on any atom is -0.370 e. The molecule has 0 aromatic heterocycles.